The normalized spacial score (nSPS) is 10.7. The summed E-state index contributed by atoms with van der Waals surface area (Å²) in [4.78, 5) is 29.9. The van der Waals surface area contributed by atoms with E-state index in [0.717, 1.165) is 27.5 Å². The topological polar surface area (TPSA) is 149 Å². The Bertz CT molecular complexity index is 1650. The fourth-order valence-corrected chi connectivity index (χ4v) is 4.46. The van der Waals surface area contributed by atoms with Crippen molar-refractivity contribution in [3.63, 3.8) is 0 Å². The van der Waals surface area contributed by atoms with E-state index in [-0.39, 0.29) is 48.6 Å². The van der Waals surface area contributed by atoms with Crippen molar-refractivity contribution in [3.05, 3.63) is 114 Å². The Morgan fingerprint density at radius 3 is 1.67 bits per heavy atom. The van der Waals surface area contributed by atoms with Crippen LogP contribution in [0.15, 0.2) is 97.1 Å². The molecule has 0 fully saturated rings. The van der Waals surface area contributed by atoms with Crippen molar-refractivity contribution in [2.24, 2.45) is 0 Å². The second kappa shape index (κ2) is 17.0. The second-order valence-electron chi connectivity index (χ2n) is 9.97. The molecule has 0 saturated carbocycles. The van der Waals surface area contributed by atoms with Crippen LogP contribution in [0.4, 0.5) is 26.7 Å². The summed E-state index contributed by atoms with van der Waals surface area (Å²) in [5.74, 6) is 0.849. The molecule has 0 heterocycles. The van der Waals surface area contributed by atoms with Gasteiger partial charge in [0.2, 0.25) is 0 Å². The third kappa shape index (κ3) is 12.5. The molecule has 0 atom stereocenters. The quantitative estimate of drug-likeness (QED) is 0.0931. The summed E-state index contributed by atoms with van der Waals surface area (Å²) in [6, 6.07) is 28.7. The van der Waals surface area contributed by atoms with E-state index < -0.39 is 21.9 Å². The second-order valence-corrected chi connectivity index (χ2v) is 11.5. The first-order valence-corrected chi connectivity index (χ1v) is 15.3. The zero-order valence-electron chi connectivity index (χ0n) is 25.3. The maximum Gasteiger partial charge on any atom is 1.00 e. The number of hydroxylamine groups is 2. The predicted molar refractivity (Wildman–Crippen MR) is 168 cm³/mol. The zero-order chi connectivity index (χ0) is 31.5. The van der Waals surface area contributed by atoms with Crippen LogP contribution in [0.2, 0.25) is 0 Å². The van der Waals surface area contributed by atoms with Gasteiger partial charge in [0.1, 0.15) is 11.5 Å². The van der Waals surface area contributed by atoms with E-state index in [9.17, 15) is 22.6 Å². The molecule has 0 aliphatic heterocycles. The molecule has 0 unspecified atom stereocenters. The molecule has 230 valence electrons. The van der Waals surface area contributed by atoms with E-state index in [1.165, 1.54) is 7.05 Å². The molecule has 4 aromatic carbocycles. The molecule has 4 amide bonds. The Labute approximate surface area is 284 Å². The van der Waals surface area contributed by atoms with Gasteiger partial charge in [0.25, 0.3) is 0 Å². The number of rotatable bonds is 12. The minimum Gasteiger partial charge on any atom is -0.748 e. The van der Waals surface area contributed by atoms with Crippen LogP contribution in [-0.2, 0) is 21.4 Å². The van der Waals surface area contributed by atoms with Gasteiger partial charge in [0, 0.05) is 29.9 Å². The maximum absolute atomic E-state index is 12.5. The first kappa shape index (κ1) is 35.6. The van der Waals surface area contributed by atoms with Gasteiger partial charge in [-0.2, -0.15) is 0 Å². The molecule has 0 aliphatic rings. The maximum atomic E-state index is 12.5. The summed E-state index contributed by atoms with van der Waals surface area (Å²) in [5.41, 5.74) is 5.02. The van der Waals surface area contributed by atoms with E-state index in [2.05, 4.69) is 16.0 Å². The molecular formula is C32H33N4NaO7S. The Hall–Kier alpha value is -3.91. The number of carbonyl (C=O) groups is 2. The molecule has 0 aliphatic carbocycles. The summed E-state index contributed by atoms with van der Waals surface area (Å²) in [6.07, 6.45) is 0.631. The van der Waals surface area contributed by atoms with Crippen LogP contribution in [0, 0.1) is 6.92 Å². The number of ether oxygens (including phenoxy) is 1. The molecule has 13 heteroatoms. The number of nitrogens with zero attached hydrogens (tertiary/aromatic N) is 1. The van der Waals surface area contributed by atoms with Crippen LogP contribution < -0.4 is 50.2 Å². The largest absolute Gasteiger partial charge is 1.00 e. The Balaban J connectivity index is 0.00000552. The molecule has 45 heavy (non-hydrogen) atoms. The summed E-state index contributed by atoms with van der Waals surface area (Å²) in [6.45, 7) is 1.93. The molecule has 0 bridgehead atoms. The van der Waals surface area contributed by atoms with Crippen molar-refractivity contribution in [3.8, 4) is 11.5 Å². The minimum atomic E-state index is -4.32. The molecule has 4 aromatic rings. The smallest absolute Gasteiger partial charge is 0.748 e. The van der Waals surface area contributed by atoms with Crippen LogP contribution in [0.3, 0.4) is 0 Å². The summed E-state index contributed by atoms with van der Waals surface area (Å²) < 4.78 is 37.7. The van der Waals surface area contributed by atoms with E-state index in [1.54, 1.807) is 36.4 Å². The van der Waals surface area contributed by atoms with E-state index >= 15 is 0 Å². The number of aryl methyl sites for hydroxylation is 1. The standard InChI is InChI=1S/C32H34N4O7S.Na/c1-23-4-16-29(17-5-23)43-30-18-14-27(15-19-30)34-31(37)33-26-10-6-24(7-11-26)22-25-8-12-28(13-9-25)35-32(38)36(2)42-20-3-21-44(39,40)41;/h4-19H,3,20-22H2,1-2H3,(H,35,38)(H2,33,34,37)(H,39,40,41);/q;+1/p-1. The summed E-state index contributed by atoms with van der Waals surface area (Å²) in [7, 11) is -2.93. The van der Waals surface area contributed by atoms with Crippen molar-refractivity contribution in [2.75, 3.05) is 35.4 Å². The van der Waals surface area contributed by atoms with Gasteiger partial charge in [-0.05, 0) is 91.6 Å². The fourth-order valence-electron chi connectivity index (χ4n) is 3.99. The van der Waals surface area contributed by atoms with Gasteiger partial charge < -0.3 is 25.2 Å². The predicted octanol–water partition coefficient (Wildman–Crippen LogP) is 3.36. The van der Waals surface area contributed by atoms with Gasteiger partial charge in [-0.3, -0.25) is 4.84 Å². The molecule has 4 rings (SSSR count). The van der Waals surface area contributed by atoms with Gasteiger partial charge in [0.15, 0.2) is 0 Å². The molecule has 0 aromatic heterocycles. The van der Waals surface area contributed by atoms with E-state index in [1.807, 2.05) is 67.6 Å². The molecule has 3 N–H and O–H groups in total. The number of carbonyl (C=O) groups excluding carboxylic acids is 2. The zero-order valence-corrected chi connectivity index (χ0v) is 28.1. The minimum absolute atomic E-state index is 0. The Morgan fingerprint density at radius 2 is 1.18 bits per heavy atom. The summed E-state index contributed by atoms with van der Waals surface area (Å²) >= 11 is 0. The molecule has 0 radical (unpaired) electrons. The van der Waals surface area contributed by atoms with Gasteiger partial charge in [-0.25, -0.2) is 23.1 Å². The monoisotopic (exact) mass is 640 g/mol. The molecule has 11 nitrogen and oxygen atoms in total. The SMILES string of the molecule is Cc1ccc(Oc2ccc(NC(=O)Nc3ccc(Cc4ccc(NC(=O)N(C)OCCCS(=O)(=O)[O-])cc4)cc3)cc2)cc1.[Na+]. The number of hydrogen-bond donors (Lipinski definition) is 3. The van der Waals surface area contributed by atoms with Crippen molar-refractivity contribution < 1.29 is 61.7 Å². The van der Waals surface area contributed by atoms with Crippen LogP contribution >= 0.6 is 0 Å². The number of hydrogen-bond acceptors (Lipinski definition) is 7. The van der Waals surface area contributed by atoms with Crippen molar-refractivity contribution in [1.29, 1.82) is 0 Å². The van der Waals surface area contributed by atoms with Gasteiger partial charge in [-0.1, -0.05) is 42.0 Å². The fraction of sp³-hybridized carbons (Fsp3) is 0.188. The van der Waals surface area contributed by atoms with E-state index in [0.29, 0.717) is 29.2 Å². The van der Waals surface area contributed by atoms with Gasteiger partial charge >= 0.3 is 41.6 Å². The van der Waals surface area contributed by atoms with Crippen molar-refractivity contribution >= 4 is 39.2 Å². The molecular weight excluding hydrogens is 607 g/mol. The van der Waals surface area contributed by atoms with Crippen LogP contribution in [0.5, 0.6) is 11.5 Å². The number of benzene rings is 4. The van der Waals surface area contributed by atoms with Crippen LogP contribution in [0.25, 0.3) is 0 Å². The average molecular weight is 641 g/mol. The average Bonchev–Trinajstić information content (AvgIpc) is 2.99. The van der Waals surface area contributed by atoms with Crippen LogP contribution in [0.1, 0.15) is 23.1 Å². The van der Waals surface area contributed by atoms with Crippen molar-refractivity contribution in [2.45, 2.75) is 19.8 Å². The van der Waals surface area contributed by atoms with E-state index in [4.69, 9.17) is 9.57 Å². The molecule has 0 saturated heterocycles. The third-order valence-corrected chi connectivity index (χ3v) is 7.09. The number of urea groups is 2. The first-order chi connectivity index (χ1) is 21.0. The summed E-state index contributed by atoms with van der Waals surface area (Å²) in [5, 5.41) is 9.25. The number of anilines is 3. The first-order valence-electron chi connectivity index (χ1n) is 13.7. The van der Waals surface area contributed by atoms with Gasteiger partial charge in [-0.15, -0.1) is 0 Å². The van der Waals surface area contributed by atoms with Crippen LogP contribution in [-0.4, -0.2) is 49.5 Å². The number of nitrogens with one attached hydrogen (secondary N) is 3. The van der Waals surface area contributed by atoms with Crippen molar-refractivity contribution in [1.82, 2.24) is 5.06 Å². The Morgan fingerprint density at radius 1 is 0.733 bits per heavy atom. The molecule has 0 spiro atoms. The third-order valence-electron chi connectivity index (χ3n) is 6.30. The Kier molecular flexibility index (Phi) is 13.4. The van der Waals surface area contributed by atoms with Gasteiger partial charge in [0.05, 0.1) is 16.7 Å². The number of amides is 4.